The van der Waals surface area contributed by atoms with Crippen LogP contribution in [0.15, 0.2) is 43.0 Å². The van der Waals surface area contributed by atoms with Crippen LogP contribution in [0.4, 0.5) is 5.82 Å². The molecule has 3 aromatic rings. The highest BCUT2D eigenvalue weighted by atomic mass is 15.3. The van der Waals surface area contributed by atoms with Crippen molar-refractivity contribution in [1.82, 2.24) is 24.4 Å². The third-order valence-corrected chi connectivity index (χ3v) is 4.76. The van der Waals surface area contributed by atoms with Gasteiger partial charge >= 0.3 is 0 Å². The number of nitrogens with zero attached hydrogens (tertiary/aromatic N) is 6. The summed E-state index contributed by atoms with van der Waals surface area (Å²) in [6.45, 7) is 5.89. The molecule has 6 heteroatoms. The average Bonchev–Trinajstić information content (AvgIpc) is 3.06. The molecule has 124 valence electrons. The fourth-order valence-electron chi connectivity index (χ4n) is 3.44. The molecule has 3 heterocycles. The van der Waals surface area contributed by atoms with E-state index in [9.17, 15) is 0 Å². The second kappa shape index (κ2) is 6.20. The molecule has 0 N–H and O–H groups in total. The molecule has 4 rings (SSSR count). The van der Waals surface area contributed by atoms with Gasteiger partial charge in [0.05, 0.1) is 12.4 Å². The summed E-state index contributed by atoms with van der Waals surface area (Å²) in [7, 11) is 2.18. The van der Waals surface area contributed by atoms with Crippen LogP contribution in [0, 0.1) is 0 Å². The van der Waals surface area contributed by atoms with E-state index in [-0.39, 0.29) is 6.04 Å². The highest BCUT2D eigenvalue weighted by Crippen LogP contribution is 2.32. The molecule has 1 aliphatic heterocycles. The van der Waals surface area contributed by atoms with Gasteiger partial charge < -0.3 is 14.4 Å². The number of imidazole rings is 1. The predicted molar refractivity (Wildman–Crippen MR) is 95.0 cm³/mol. The first kappa shape index (κ1) is 15.1. The molecule has 1 fully saturated rings. The average molecular weight is 322 g/mol. The molecule has 0 spiro atoms. The van der Waals surface area contributed by atoms with Crippen LogP contribution in [0.3, 0.4) is 0 Å². The Bertz CT molecular complexity index is 828. The van der Waals surface area contributed by atoms with E-state index in [4.69, 9.17) is 0 Å². The molecule has 6 nitrogen and oxygen atoms in total. The lowest BCUT2D eigenvalue weighted by molar-refractivity contribution is 0.268. The number of aryl methyl sites for hydroxylation is 1. The van der Waals surface area contributed by atoms with Gasteiger partial charge in [-0.3, -0.25) is 0 Å². The normalized spacial score (nSPS) is 19.1. The van der Waals surface area contributed by atoms with Crippen molar-refractivity contribution in [3.8, 4) is 0 Å². The Morgan fingerprint density at radius 1 is 1.08 bits per heavy atom. The second-order valence-corrected chi connectivity index (χ2v) is 6.28. The Morgan fingerprint density at radius 2 is 1.92 bits per heavy atom. The third kappa shape index (κ3) is 2.53. The first-order valence-electron chi connectivity index (χ1n) is 8.44. The van der Waals surface area contributed by atoms with Crippen molar-refractivity contribution in [1.29, 1.82) is 0 Å². The van der Waals surface area contributed by atoms with Crippen molar-refractivity contribution < 1.29 is 0 Å². The fourth-order valence-corrected chi connectivity index (χ4v) is 3.44. The van der Waals surface area contributed by atoms with Crippen molar-refractivity contribution in [2.24, 2.45) is 0 Å². The van der Waals surface area contributed by atoms with Crippen molar-refractivity contribution in [3.63, 3.8) is 0 Å². The molecule has 2 aromatic heterocycles. The molecule has 24 heavy (non-hydrogen) atoms. The van der Waals surface area contributed by atoms with E-state index in [1.807, 2.05) is 6.33 Å². The Kier molecular flexibility index (Phi) is 3.90. The third-order valence-electron chi connectivity index (χ3n) is 4.76. The first-order valence-corrected chi connectivity index (χ1v) is 8.44. The Labute approximate surface area is 141 Å². The Balaban J connectivity index is 1.80. The number of benzene rings is 1. The molecule has 1 saturated heterocycles. The molecule has 1 unspecified atom stereocenters. The predicted octanol–water partition coefficient (Wildman–Crippen LogP) is 2.34. The lowest BCUT2D eigenvalue weighted by atomic mass is 10.0. The number of aromatic nitrogens is 4. The highest BCUT2D eigenvalue weighted by Gasteiger charge is 2.29. The summed E-state index contributed by atoms with van der Waals surface area (Å²) in [5.74, 6) is 0.939. The number of rotatable bonds is 3. The summed E-state index contributed by atoms with van der Waals surface area (Å²) in [5.41, 5.74) is 3.11. The van der Waals surface area contributed by atoms with E-state index in [1.165, 1.54) is 5.56 Å². The van der Waals surface area contributed by atoms with Gasteiger partial charge in [0.25, 0.3) is 0 Å². The van der Waals surface area contributed by atoms with Gasteiger partial charge in [-0.1, -0.05) is 30.3 Å². The van der Waals surface area contributed by atoms with Gasteiger partial charge in [0.1, 0.15) is 6.33 Å². The molecule has 0 amide bonds. The topological polar surface area (TPSA) is 50.1 Å². The number of anilines is 1. The number of hydrogen-bond donors (Lipinski definition) is 0. The lowest BCUT2D eigenvalue weighted by Crippen LogP contribution is -2.47. The maximum Gasteiger partial charge on any atom is 0.165 e. The van der Waals surface area contributed by atoms with Crippen LogP contribution < -0.4 is 4.90 Å². The fraction of sp³-hybridized carbons (Fsp3) is 0.389. The minimum Gasteiger partial charge on any atom is -0.345 e. The van der Waals surface area contributed by atoms with Crippen LogP contribution in [0.1, 0.15) is 18.5 Å². The quantitative estimate of drug-likeness (QED) is 0.741. The zero-order chi connectivity index (χ0) is 16.5. The summed E-state index contributed by atoms with van der Waals surface area (Å²) >= 11 is 0. The van der Waals surface area contributed by atoms with Gasteiger partial charge in [0, 0.05) is 26.2 Å². The lowest BCUT2D eigenvalue weighted by Gasteiger charge is -2.41. The summed E-state index contributed by atoms with van der Waals surface area (Å²) < 4.78 is 2.06. The number of likely N-dealkylation sites (N-methyl/N-ethyl adjacent to an activating group) is 1. The van der Waals surface area contributed by atoms with Crippen molar-refractivity contribution in [3.05, 3.63) is 48.5 Å². The summed E-state index contributed by atoms with van der Waals surface area (Å²) in [6.07, 6.45) is 3.52. The van der Waals surface area contributed by atoms with E-state index in [0.29, 0.717) is 0 Å². The smallest absolute Gasteiger partial charge is 0.165 e. The molecule has 0 bridgehead atoms. The minimum atomic E-state index is 0.273. The van der Waals surface area contributed by atoms with Crippen LogP contribution >= 0.6 is 0 Å². The maximum atomic E-state index is 4.60. The number of piperazine rings is 1. The summed E-state index contributed by atoms with van der Waals surface area (Å²) in [5, 5.41) is 0. The molecular weight excluding hydrogens is 300 g/mol. The SMILES string of the molecule is CCn1cnc2c(N3CCN(C)CC3c3ccccc3)ncnc21. The monoisotopic (exact) mass is 322 g/mol. The van der Waals surface area contributed by atoms with Gasteiger partial charge in [-0.2, -0.15) is 0 Å². The molecule has 1 atom stereocenters. The zero-order valence-electron chi connectivity index (χ0n) is 14.1. The minimum absolute atomic E-state index is 0.273. The van der Waals surface area contributed by atoms with E-state index in [2.05, 4.69) is 73.6 Å². The van der Waals surface area contributed by atoms with Crippen LogP contribution in [0.2, 0.25) is 0 Å². The molecule has 0 radical (unpaired) electrons. The second-order valence-electron chi connectivity index (χ2n) is 6.28. The largest absolute Gasteiger partial charge is 0.345 e. The van der Waals surface area contributed by atoms with Crippen LogP contribution in [0.5, 0.6) is 0 Å². The van der Waals surface area contributed by atoms with Crippen molar-refractivity contribution in [2.75, 3.05) is 31.6 Å². The van der Waals surface area contributed by atoms with Crippen molar-refractivity contribution >= 4 is 17.0 Å². The van der Waals surface area contributed by atoms with E-state index in [0.717, 1.165) is 43.2 Å². The van der Waals surface area contributed by atoms with Crippen molar-refractivity contribution in [2.45, 2.75) is 19.5 Å². The first-order chi connectivity index (χ1) is 11.8. The van der Waals surface area contributed by atoms with E-state index in [1.54, 1.807) is 6.33 Å². The Morgan fingerprint density at radius 3 is 2.71 bits per heavy atom. The highest BCUT2D eigenvalue weighted by molar-refractivity contribution is 5.83. The van der Waals surface area contributed by atoms with Gasteiger partial charge in [0.15, 0.2) is 17.0 Å². The molecule has 0 saturated carbocycles. The Hall–Kier alpha value is -2.47. The number of hydrogen-bond acceptors (Lipinski definition) is 5. The molecule has 1 aliphatic rings. The van der Waals surface area contributed by atoms with Gasteiger partial charge in [-0.25, -0.2) is 15.0 Å². The number of fused-ring (bicyclic) bond motifs is 1. The van der Waals surface area contributed by atoms with Crippen LogP contribution in [0.25, 0.3) is 11.2 Å². The van der Waals surface area contributed by atoms with Gasteiger partial charge in [0.2, 0.25) is 0 Å². The zero-order valence-corrected chi connectivity index (χ0v) is 14.1. The maximum absolute atomic E-state index is 4.60. The van der Waals surface area contributed by atoms with Crippen LogP contribution in [-0.2, 0) is 6.54 Å². The molecular formula is C18H22N6. The molecule has 1 aromatic carbocycles. The summed E-state index contributed by atoms with van der Waals surface area (Å²) in [4.78, 5) is 18.4. The molecule has 0 aliphatic carbocycles. The van der Waals surface area contributed by atoms with Gasteiger partial charge in [-0.15, -0.1) is 0 Å². The van der Waals surface area contributed by atoms with E-state index >= 15 is 0 Å². The summed E-state index contributed by atoms with van der Waals surface area (Å²) in [6, 6.07) is 10.9. The van der Waals surface area contributed by atoms with Gasteiger partial charge in [-0.05, 0) is 19.5 Å². The van der Waals surface area contributed by atoms with E-state index < -0.39 is 0 Å². The van der Waals surface area contributed by atoms with Crippen LogP contribution in [-0.4, -0.2) is 51.1 Å². The standard InChI is InChI=1S/C18H22N6/c1-3-23-13-21-16-17(23)19-12-20-18(16)24-10-9-22(2)11-15(24)14-7-5-4-6-8-14/h4-8,12-13,15H,3,9-11H2,1-2H3.